The van der Waals surface area contributed by atoms with E-state index in [1.54, 1.807) is 12.5 Å². The summed E-state index contributed by atoms with van der Waals surface area (Å²) < 4.78 is 1.95. The smallest absolute Gasteiger partial charge is 0.326 e. The van der Waals surface area contributed by atoms with E-state index in [0.717, 1.165) is 24.2 Å². The predicted octanol–water partition coefficient (Wildman–Crippen LogP) is 4.92. The fourth-order valence-electron chi connectivity index (χ4n) is 4.96. The van der Waals surface area contributed by atoms with Crippen LogP contribution < -0.4 is 10.2 Å². The molecule has 9 heteroatoms. The van der Waals surface area contributed by atoms with Crippen LogP contribution in [0.1, 0.15) is 45.3 Å². The van der Waals surface area contributed by atoms with Gasteiger partial charge in [-0.25, -0.2) is 14.8 Å². The number of nitrogens with zero attached hydrogens (tertiary/aromatic N) is 6. The number of carbonyl (C=O) groups excluding carboxylic acids is 1. The number of halogens is 1. The molecule has 2 amide bonds. The summed E-state index contributed by atoms with van der Waals surface area (Å²) in [7, 11) is 1.91. The molecule has 33 heavy (non-hydrogen) atoms. The van der Waals surface area contributed by atoms with Crippen LogP contribution in [0.3, 0.4) is 0 Å². The molecule has 1 aromatic carbocycles. The standard InChI is InChI=1S/C24H28ClN7O/c1-15(2)21-24(10-11-24)30(4)23(33)32(21)20-9-12-26-22(29-20)28-16(3)19-13-31(14-27-19)18-7-5-17(25)6-8-18/h5-9,12-16,21H,10-11H2,1-4H3,(H,26,28,29)/t16-,21?/m0/s1. The van der Waals surface area contributed by atoms with E-state index in [-0.39, 0.29) is 23.7 Å². The van der Waals surface area contributed by atoms with Crippen LogP contribution in [0.25, 0.3) is 5.69 Å². The average molecular weight is 466 g/mol. The maximum atomic E-state index is 13.1. The van der Waals surface area contributed by atoms with E-state index < -0.39 is 0 Å². The first-order valence-corrected chi connectivity index (χ1v) is 11.6. The molecular weight excluding hydrogens is 438 g/mol. The molecule has 2 aliphatic rings. The number of benzene rings is 1. The molecule has 5 rings (SSSR count). The molecule has 3 heterocycles. The maximum Gasteiger partial charge on any atom is 0.326 e. The largest absolute Gasteiger partial charge is 0.346 e. The fraction of sp³-hybridized carbons (Fsp3) is 0.417. The van der Waals surface area contributed by atoms with Crippen molar-refractivity contribution in [3.63, 3.8) is 0 Å². The van der Waals surface area contributed by atoms with Crippen LogP contribution in [-0.2, 0) is 0 Å². The molecule has 8 nitrogen and oxygen atoms in total. The van der Waals surface area contributed by atoms with Crippen LogP contribution in [0.4, 0.5) is 16.6 Å². The van der Waals surface area contributed by atoms with Gasteiger partial charge in [-0.1, -0.05) is 25.4 Å². The van der Waals surface area contributed by atoms with Gasteiger partial charge in [0.2, 0.25) is 5.95 Å². The normalized spacial score (nSPS) is 20.1. The fourth-order valence-corrected chi connectivity index (χ4v) is 5.09. The number of hydrogen-bond donors (Lipinski definition) is 1. The first kappa shape index (κ1) is 21.7. The number of rotatable bonds is 6. The van der Waals surface area contributed by atoms with Crippen LogP contribution in [0.5, 0.6) is 0 Å². The summed E-state index contributed by atoms with van der Waals surface area (Å²) in [6, 6.07) is 9.39. The highest BCUT2D eigenvalue weighted by atomic mass is 35.5. The molecule has 1 N–H and O–H groups in total. The van der Waals surface area contributed by atoms with Gasteiger partial charge in [-0.3, -0.25) is 4.90 Å². The maximum absolute atomic E-state index is 13.1. The van der Waals surface area contributed by atoms with Crippen LogP contribution in [0.2, 0.25) is 5.02 Å². The zero-order chi connectivity index (χ0) is 23.3. The van der Waals surface area contributed by atoms with Crippen LogP contribution in [-0.4, -0.2) is 49.1 Å². The number of imidazole rings is 1. The summed E-state index contributed by atoms with van der Waals surface area (Å²) in [6.07, 6.45) is 7.52. The van der Waals surface area contributed by atoms with E-state index in [9.17, 15) is 4.79 Å². The summed E-state index contributed by atoms with van der Waals surface area (Å²) in [4.78, 5) is 30.5. The predicted molar refractivity (Wildman–Crippen MR) is 129 cm³/mol. The zero-order valence-electron chi connectivity index (χ0n) is 19.2. The van der Waals surface area contributed by atoms with Crippen molar-refractivity contribution in [3.05, 3.63) is 59.8 Å². The molecule has 0 bridgehead atoms. The molecule has 2 fully saturated rings. The third-order valence-corrected chi connectivity index (χ3v) is 7.04. The molecule has 0 radical (unpaired) electrons. The van der Waals surface area contributed by atoms with Gasteiger partial charge in [0.05, 0.1) is 29.6 Å². The number of carbonyl (C=O) groups is 1. The van der Waals surface area contributed by atoms with Crippen LogP contribution >= 0.6 is 11.6 Å². The van der Waals surface area contributed by atoms with Crippen molar-refractivity contribution in [1.29, 1.82) is 0 Å². The van der Waals surface area contributed by atoms with E-state index in [1.165, 1.54) is 0 Å². The molecule has 2 aromatic heterocycles. The quantitative estimate of drug-likeness (QED) is 0.559. The highest BCUT2D eigenvalue weighted by Gasteiger charge is 2.64. The Morgan fingerprint density at radius 1 is 1.12 bits per heavy atom. The van der Waals surface area contributed by atoms with E-state index in [1.807, 2.05) is 64.9 Å². The van der Waals surface area contributed by atoms with Gasteiger partial charge in [0.25, 0.3) is 0 Å². The highest BCUT2D eigenvalue weighted by molar-refractivity contribution is 6.30. The van der Waals surface area contributed by atoms with Gasteiger partial charge >= 0.3 is 6.03 Å². The minimum Gasteiger partial charge on any atom is -0.346 e. The number of nitrogens with one attached hydrogen (secondary N) is 1. The van der Waals surface area contributed by atoms with Crippen molar-refractivity contribution < 1.29 is 4.79 Å². The molecule has 2 atom stereocenters. The van der Waals surface area contributed by atoms with Crippen LogP contribution in [0, 0.1) is 5.92 Å². The van der Waals surface area contributed by atoms with Crippen molar-refractivity contribution in [1.82, 2.24) is 24.4 Å². The SMILES string of the molecule is CC(C)C1N(c2ccnc(N[C@@H](C)c3cn(-c4ccc(Cl)cc4)cn3)n2)C(=O)N(C)C12CC2. The third kappa shape index (κ3) is 3.72. The highest BCUT2D eigenvalue weighted by Crippen LogP contribution is 2.53. The second-order valence-electron chi connectivity index (χ2n) is 9.29. The lowest BCUT2D eigenvalue weighted by atomic mass is 9.94. The number of anilines is 2. The number of urea groups is 1. The van der Waals surface area contributed by atoms with Gasteiger partial charge in [0, 0.05) is 30.2 Å². The summed E-state index contributed by atoms with van der Waals surface area (Å²) in [6.45, 7) is 6.35. The molecule has 1 saturated heterocycles. The molecular formula is C24H28ClN7O. The summed E-state index contributed by atoms with van der Waals surface area (Å²) in [5.74, 6) is 1.42. The molecule has 1 aliphatic heterocycles. The van der Waals surface area contributed by atoms with Crippen molar-refractivity contribution in [2.45, 2.75) is 51.2 Å². The first-order chi connectivity index (χ1) is 15.8. The van der Waals surface area contributed by atoms with Gasteiger partial charge in [-0.2, -0.15) is 4.98 Å². The van der Waals surface area contributed by atoms with Gasteiger partial charge in [-0.05, 0) is 56.0 Å². The molecule has 1 spiro atoms. The lowest BCUT2D eigenvalue weighted by Gasteiger charge is -2.29. The second-order valence-corrected chi connectivity index (χ2v) is 9.73. The lowest BCUT2D eigenvalue weighted by molar-refractivity contribution is 0.209. The Labute approximate surface area is 198 Å². The Morgan fingerprint density at radius 2 is 1.85 bits per heavy atom. The Kier molecular flexibility index (Phi) is 5.28. The summed E-state index contributed by atoms with van der Waals surface area (Å²) in [5, 5.41) is 4.03. The molecule has 1 unspecified atom stereocenters. The van der Waals surface area contributed by atoms with E-state index >= 15 is 0 Å². The second kappa shape index (κ2) is 8.02. The Hall–Kier alpha value is -3.13. The first-order valence-electron chi connectivity index (χ1n) is 11.3. The average Bonchev–Trinajstić information content (AvgIpc) is 3.37. The summed E-state index contributed by atoms with van der Waals surface area (Å²) in [5.41, 5.74) is 1.77. The van der Waals surface area contributed by atoms with Gasteiger partial charge < -0.3 is 14.8 Å². The molecule has 1 aliphatic carbocycles. The van der Waals surface area contributed by atoms with Gasteiger partial charge in [0.15, 0.2) is 0 Å². The summed E-state index contributed by atoms with van der Waals surface area (Å²) >= 11 is 5.99. The van der Waals surface area contributed by atoms with Gasteiger partial charge in [-0.15, -0.1) is 0 Å². The number of likely N-dealkylation sites (N-methyl/N-ethyl adjacent to an activating group) is 1. The number of hydrogen-bond acceptors (Lipinski definition) is 5. The van der Waals surface area contributed by atoms with Crippen LogP contribution in [0.15, 0.2) is 49.1 Å². The Morgan fingerprint density at radius 3 is 2.52 bits per heavy atom. The zero-order valence-corrected chi connectivity index (χ0v) is 20.0. The topological polar surface area (TPSA) is 79.2 Å². The van der Waals surface area contributed by atoms with Crippen molar-refractivity contribution in [2.24, 2.45) is 5.92 Å². The minimum atomic E-state index is -0.124. The van der Waals surface area contributed by atoms with Crippen molar-refractivity contribution >= 4 is 29.4 Å². The monoisotopic (exact) mass is 465 g/mol. The third-order valence-electron chi connectivity index (χ3n) is 6.79. The van der Waals surface area contributed by atoms with Crippen molar-refractivity contribution in [2.75, 3.05) is 17.3 Å². The number of aromatic nitrogens is 4. The Bertz CT molecular complexity index is 1170. The number of amides is 2. The minimum absolute atomic E-state index is 0.00519. The van der Waals surface area contributed by atoms with E-state index in [4.69, 9.17) is 16.6 Å². The van der Waals surface area contributed by atoms with E-state index in [2.05, 4.69) is 29.1 Å². The molecule has 172 valence electrons. The molecule has 1 saturated carbocycles. The van der Waals surface area contributed by atoms with Gasteiger partial charge in [0.1, 0.15) is 5.82 Å². The Balaban J connectivity index is 1.36. The lowest BCUT2D eigenvalue weighted by Crippen LogP contribution is -2.43. The van der Waals surface area contributed by atoms with Crippen molar-refractivity contribution in [3.8, 4) is 5.69 Å². The van der Waals surface area contributed by atoms with E-state index in [0.29, 0.717) is 22.7 Å². The molecule has 3 aromatic rings.